The third-order valence-electron chi connectivity index (χ3n) is 5.28. The zero-order valence-corrected chi connectivity index (χ0v) is 13.7. The normalized spacial score (nSPS) is 25.1. The van der Waals surface area contributed by atoms with E-state index in [0.717, 1.165) is 31.4 Å². The van der Waals surface area contributed by atoms with Gasteiger partial charge in [-0.3, -0.25) is 4.79 Å². The Hall–Kier alpha value is -2.42. The summed E-state index contributed by atoms with van der Waals surface area (Å²) in [7, 11) is 0. The highest BCUT2D eigenvalue weighted by atomic mass is 19.4. The molecule has 2 fully saturated rings. The number of benzene rings is 1. The highest BCUT2D eigenvalue weighted by Crippen LogP contribution is 2.42. The van der Waals surface area contributed by atoms with Crippen molar-refractivity contribution in [2.75, 3.05) is 6.61 Å². The van der Waals surface area contributed by atoms with Crippen molar-refractivity contribution in [2.24, 2.45) is 5.92 Å². The van der Waals surface area contributed by atoms with E-state index >= 15 is 0 Å². The maximum atomic E-state index is 12.9. The number of nitrogens with zero attached hydrogens (tertiary/aromatic N) is 4. The summed E-state index contributed by atoms with van der Waals surface area (Å²) < 4.78 is 39.7. The number of rotatable bonds is 3. The van der Waals surface area contributed by atoms with Crippen molar-refractivity contribution in [3.05, 3.63) is 41.7 Å². The van der Waals surface area contributed by atoms with Gasteiger partial charge in [0.25, 0.3) is 5.91 Å². The van der Waals surface area contributed by atoms with Gasteiger partial charge in [-0.15, -0.1) is 5.10 Å². The second-order valence-electron chi connectivity index (χ2n) is 6.79. The predicted molar refractivity (Wildman–Crippen MR) is 84.5 cm³/mol. The van der Waals surface area contributed by atoms with Crippen molar-refractivity contribution in [3.8, 4) is 5.69 Å². The molecule has 3 atom stereocenters. The molecule has 2 aromatic rings. The number of hydrogen-bond donors (Lipinski definition) is 1. The zero-order valence-electron chi connectivity index (χ0n) is 13.7. The molecule has 3 unspecified atom stereocenters. The van der Waals surface area contributed by atoms with E-state index in [1.165, 1.54) is 23.0 Å². The number of hydrogen-bond acceptors (Lipinski definition) is 4. The Labute approximate surface area is 147 Å². The molecule has 26 heavy (non-hydrogen) atoms. The van der Waals surface area contributed by atoms with E-state index in [-0.39, 0.29) is 41.9 Å². The Morgan fingerprint density at radius 3 is 2.81 bits per heavy atom. The molecule has 9 heteroatoms. The van der Waals surface area contributed by atoms with Crippen LogP contribution in [0.1, 0.15) is 35.3 Å². The van der Waals surface area contributed by atoms with Crippen LogP contribution in [0.2, 0.25) is 0 Å². The quantitative estimate of drug-likeness (QED) is 0.905. The van der Waals surface area contributed by atoms with Crippen LogP contribution in [0.5, 0.6) is 0 Å². The molecule has 0 aliphatic carbocycles. The van der Waals surface area contributed by atoms with Crippen molar-refractivity contribution in [1.29, 1.82) is 0 Å². The highest BCUT2D eigenvalue weighted by Gasteiger charge is 2.48. The van der Waals surface area contributed by atoms with Crippen molar-refractivity contribution >= 4 is 5.91 Å². The third-order valence-corrected chi connectivity index (χ3v) is 5.28. The monoisotopic (exact) mass is 366 g/mol. The van der Waals surface area contributed by atoms with Gasteiger partial charge in [0.05, 0.1) is 17.4 Å². The van der Waals surface area contributed by atoms with Gasteiger partial charge in [-0.25, -0.2) is 4.68 Å². The van der Waals surface area contributed by atoms with E-state index in [0.29, 0.717) is 0 Å². The van der Waals surface area contributed by atoms with Crippen LogP contribution < -0.4 is 0 Å². The zero-order chi connectivity index (χ0) is 18.5. The summed E-state index contributed by atoms with van der Waals surface area (Å²) in [6, 6.07) is 4.78. The fourth-order valence-corrected chi connectivity index (χ4v) is 4.07. The molecule has 1 N–H and O–H groups in total. The molecular weight excluding hydrogens is 349 g/mol. The molecule has 0 radical (unpaired) electrons. The molecule has 3 heterocycles. The van der Waals surface area contributed by atoms with Crippen LogP contribution in [-0.2, 0) is 6.18 Å². The minimum absolute atomic E-state index is 0.00351. The number of fused-ring (bicyclic) bond motifs is 2. The lowest BCUT2D eigenvalue weighted by Crippen LogP contribution is -2.37. The Morgan fingerprint density at radius 2 is 2.12 bits per heavy atom. The van der Waals surface area contributed by atoms with Gasteiger partial charge in [-0.1, -0.05) is 11.3 Å². The van der Waals surface area contributed by atoms with Crippen LogP contribution >= 0.6 is 0 Å². The molecule has 0 saturated carbocycles. The first-order valence-corrected chi connectivity index (χ1v) is 8.42. The van der Waals surface area contributed by atoms with E-state index in [1.54, 1.807) is 4.90 Å². The number of halogens is 3. The van der Waals surface area contributed by atoms with Crippen LogP contribution in [0.15, 0.2) is 30.5 Å². The average Bonchev–Trinajstić information content (AvgIpc) is 3.34. The van der Waals surface area contributed by atoms with Gasteiger partial charge in [0.1, 0.15) is 0 Å². The molecule has 1 aromatic heterocycles. The van der Waals surface area contributed by atoms with Crippen LogP contribution in [0.3, 0.4) is 0 Å². The van der Waals surface area contributed by atoms with Gasteiger partial charge in [0.2, 0.25) is 0 Å². The van der Waals surface area contributed by atoms with E-state index < -0.39 is 11.7 Å². The lowest BCUT2D eigenvalue weighted by atomic mass is 9.90. The minimum Gasteiger partial charge on any atom is -0.396 e. The van der Waals surface area contributed by atoms with Crippen molar-refractivity contribution in [2.45, 2.75) is 37.5 Å². The largest absolute Gasteiger partial charge is 0.416 e. The van der Waals surface area contributed by atoms with Crippen LogP contribution in [-0.4, -0.2) is 49.6 Å². The van der Waals surface area contributed by atoms with Crippen molar-refractivity contribution in [1.82, 2.24) is 19.9 Å². The summed E-state index contributed by atoms with van der Waals surface area (Å²) in [6.07, 6.45) is -0.584. The molecule has 2 aliphatic heterocycles. The molecule has 2 aliphatic rings. The molecule has 1 amide bonds. The molecule has 6 nitrogen and oxygen atoms in total. The number of amides is 1. The van der Waals surface area contributed by atoms with Crippen molar-refractivity contribution in [3.63, 3.8) is 0 Å². The van der Waals surface area contributed by atoms with E-state index in [9.17, 15) is 23.1 Å². The second kappa shape index (κ2) is 6.08. The summed E-state index contributed by atoms with van der Waals surface area (Å²) >= 11 is 0. The van der Waals surface area contributed by atoms with Gasteiger partial charge >= 0.3 is 6.18 Å². The summed E-state index contributed by atoms with van der Waals surface area (Å²) in [5.41, 5.74) is -0.511. The van der Waals surface area contributed by atoms with Gasteiger partial charge in [-0.2, -0.15) is 13.2 Å². The number of carbonyl (C=O) groups is 1. The van der Waals surface area contributed by atoms with Crippen LogP contribution in [0.25, 0.3) is 5.69 Å². The number of alkyl halides is 3. The number of carbonyl (C=O) groups excluding carboxylic acids is 1. The topological polar surface area (TPSA) is 71.2 Å². The average molecular weight is 366 g/mol. The Bertz CT molecular complexity index is 835. The second-order valence-corrected chi connectivity index (χ2v) is 6.79. The smallest absolute Gasteiger partial charge is 0.396 e. The summed E-state index contributed by atoms with van der Waals surface area (Å²) in [5.74, 6) is -0.206. The molecule has 138 valence electrons. The number of aliphatic hydroxyl groups excluding tert-OH is 1. The third kappa shape index (κ3) is 2.76. The van der Waals surface area contributed by atoms with Gasteiger partial charge in [-0.05, 0) is 37.5 Å². The molecule has 1 aromatic carbocycles. The predicted octanol–water partition coefficient (Wildman–Crippen LogP) is 2.27. The fourth-order valence-electron chi connectivity index (χ4n) is 4.07. The summed E-state index contributed by atoms with van der Waals surface area (Å²) in [6.45, 7) is 0.0435. The number of aromatic nitrogens is 3. The lowest BCUT2D eigenvalue weighted by Gasteiger charge is -2.22. The Balaban J connectivity index is 1.58. The van der Waals surface area contributed by atoms with E-state index in [1.807, 2.05) is 0 Å². The molecule has 0 spiro atoms. The van der Waals surface area contributed by atoms with Gasteiger partial charge < -0.3 is 10.0 Å². The summed E-state index contributed by atoms with van der Waals surface area (Å²) in [5, 5.41) is 17.1. The maximum Gasteiger partial charge on any atom is 0.416 e. The lowest BCUT2D eigenvalue weighted by molar-refractivity contribution is -0.137. The molecule has 2 saturated heterocycles. The number of aliphatic hydroxyl groups is 1. The van der Waals surface area contributed by atoms with Crippen LogP contribution in [0, 0.1) is 5.92 Å². The molecular formula is C17H17F3N4O2. The van der Waals surface area contributed by atoms with Gasteiger partial charge in [0.15, 0.2) is 5.69 Å². The van der Waals surface area contributed by atoms with E-state index in [2.05, 4.69) is 10.3 Å². The van der Waals surface area contributed by atoms with Crippen LogP contribution in [0.4, 0.5) is 13.2 Å². The first-order chi connectivity index (χ1) is 12.4. The molecule has 4 rings (SSSR count). The first kappa shape index (κ1) is 17.0. The highest BCUT2D eigenvalue weighted by molar-refractivity contribution is 5.93. The van der Waals surface area contributed by atoms with Gasteiger partial charge in [0, 0.05) is 24.6 Å². The van der Waals surface area contributed by atoms with E-state index in [4.69, 9.17) is 0 Å². The standard InChI is InChI=1S/C17H17F3N4O2/c18-17(19,20)11-2-1-3-12(7-11)23-8-14(21-22-23)16(26)24-13-4-5-15(24)10(6-13)9-25/h1-3,7-8,10,13,15,25H,4-6,9H2. The van der Waals surface area contributed by atoms with Crippen molar-refractivity contribution < 1.29 is 23.1 Å². The maximum absolute atomic E-state index is 12.9. The minimum atomic E-state index is -4.46. The molecule has 2 bridgehead atoms. The summed E-state index contributed by atoms with van der Waals surface area (Å²) in [4.78, 5) is 14.5. The Kier molecular flexibility index (Phi) is 3.98. The first-order valence-electron chi connectivity index (χ1n) is 8.42. The Morgan fingerprint density at radius 1 is 1.31 bits per heavy atom. The SMILES string of the molecule is O=C(c1cn(-c2cccc(C(F)(F)F)c2)nn1)N1C2CCC1C(CO)C2. The fraction of sp³-hybridized carbons (Fsp3) is 0.471.